The summed E-state index contributed by atoms with van der Waals surface area (Å²) in [5, 5.41) is 5.12. The Morgan fingerprint density at radius 2 is 1.52 bits per heavy atom. The highest BCUT2D eigenvalue weighted by atomic mass is 32.2. The molecule has 0 radical (unpaired) electrons. The van der Waals surface area contributed by atoms with E-state index < -0.39 is 11.6 Å². The van der Waals surface area contributed by atoms with Crippen LogP contribution in [0.1, 0.15) is 5.56 Å². The number of nitrogens with one attached hydrogen (secondary N) is 2. The fraction of sp³-hybridized carbons (Fsp3) is 0.125. The molecule has 1 heterocycles. The van der Waals surface area contributed by atoms with E-state index in [2.05, 4.69) is 10.6 Å². The molecule has 2 aromatic carbocycles. The smallest absolute Gasteiger partial charge is 0.319 e. The third kappa shape index (κ3) is 2.64. The van der Waals surface area contributed by atoms with Crippen LogP contribution in [-0.4, -0.2) is 17.7 Å². The fourth-order valence-corrected chi connectivity index (χ4v) is 3.41. The quantitative estimate of drug-likeness (QED) is 0.673. The Hall–Kier alpha value is -2.27. The van der Waals surface area contributed by atoms with Crippen LogP contribution in [0.3, 0.4) is 0 Å². The zero-order valence-corrected chi connectivity index (χ0v) is 12.0. The Morgan fingerprint density at radius 1 is 0.905 bits per heavy atom. The number of thioether (sulfide) groups is 1. The number of carbonyl (C=O) groups is 2. The van der Waals surface area contributed by atoms with Crippen molar-refractivity contribution in [3.05, 3.63) is 66.2 Å². The molecule has 1 fully saturated rings. The van der Waals surface area contributed by atoms with Gasteiger partial charge in [-0.25, -0.2) is 4.79 Å². The van der Waals surface area contributed by atoms with Crippen LogP contribution in [0, 0.1) is 0 Å². The van der Waals surface area contributed by atoms with Crippen LogP contribution >= 0.6 is 11.8 Å². The van der Waals surface area contributed by atoms with Crippen molar-refractivity contribution >= 4 is 23.7 Å². The molecule has 0 aliphatic carbocycles. The van der Waals surface area contributed by atoms with E-state index in [4.69, 9.17) is 0 Å². The predicted octanol–water partition coefficient (Wildman–Crippen LogP) is 2.51. The first-order chi connectivity index (χ1) is 10.2. The minimum Gasteiger partial charge on any atom is -0.319 e. The first-order valence-corrected chi connectivity index (χ1v) is 7.56. The maximum absolute atomic E-state index is 12.3. The topological polar surface area (TPSA) is 58.2 Å². The Labute approximate surface area is 126 Å². The summed E-state index contributed by atoms with van der Waals surface area (Å²) in [7, 11) is 0. The molecule has 4 nitrogen and oxygen atoms in total. The minimum absolute atomic E-state index is 0.304. The normalized spacial score (nSPS) is 21.0. The highest BCUT2D eigenvalue weighted by Crippen LogP contribution is 2.32. The van der Waals surface area contributed by atoms with Crippen molar-refractivity contribution in [3.8, 4) is 0 Å². The lowest BCUT2D eigenvalue weighted by atomic mass is 9.92. The number of urea groups is 1. The first-order valence-electron chi connectivity index (χ1n) is 6.58. The van der Waals surface area contributed by atoms with Gasteiger partial charge in [-0.2, -0.15) is 0 Å². The number of rotatable bonds is 4. The van der Waals surface area contributed by atoms with Crippen LogP contribution in [0.2, 0.25) is 0 Å². The lowest BCUT2D eigenvalue weighted by Crippen LogP contribution is -2.46. The minimum atomic E-state index is -1.02. The Kier molecular flexibility index (Phi) is 3.66. The summed E-state index contributed by atoms with van der Waals surface area (Å²) >= 11 is 1.54. The van der Waals surface area contributed by atoms with E-state index in [1.54, 1.807) is 11.8 Å². The summed E-state index contributed by atoms with van der Waals surface area (Å²) in [6.07, 6.45) is 0. The average molecular weight is 298 g/mol. The van der Waals surface area contributed by atoms with Gasteiger partial charge in [0.2, 0.25) is 0 Å². The van der Waals surface area contributed by atoms with Crippen molar-refractivity contribution in [1.82, 2.24) is 10.6 Å². The van der Waals surface area contributed by atoms with Gasteiger partial charge in [-0.05, 0) is 17.7 Å². The van der Waals surface area contributed by atoms with Gasteiger partial charge in [0.25, 0.3) is 5.91 Å². The highest BCUT2D eigenvalue weighted by Gasteiger charge is 2.47. The average Bonchev–Trinajstić information content (AvgIpc) is 2.82. The molecule has 1 saturated heterocycles. The second-order valence-corrected chi connectivity index (χ2v) is 5.83. The van der Waals surface area contributed by atoms with Crippen molar-refractivity contribution < 1.29 is 9.59 Å². The van der Waals surface area contributed by atoms with Crippen LogP contribution in [0.25, 0.3) is 0 Å². The molecule has 1 atom stereocenters. The van der Waals surface area contributed by atoms with Crippen LogP contribution in [-0.2, 0) is 10.3 Å². The third-order valence-corrected chi connectivity index (χ3v) is 4.59. The molecule has 1 aliphatic rings. The maximum atomic E-state index is 12.3. The fourth-order valence-electron chi connectivity index (χ4n) is 2.31. The Balaban J connectivity index is 1.91. The molecule has 3 rings (SSSR count). The Morgan fingerprint density at radius 3 is 2.10 bits per heavy atom. The summed E-state index contributed by atoms with van der Waals surface area (Å²) < 4.78 is 0. The second kappa shape index (κ2) is 5.61. The van der Waals surface area contributed by atoms with E-state index in [-0.39, 0.29) is 5.91 Å². The molecule has 0 spiro atoms. The lowest BCUT2D eigenvalue weighted by Gasteiger charge is -2.26. The van der Waals surface area contributed by atoms with Crippen molar-refractivity contribution in [3.63, 3.8) is 0 Å². The van der Waals surface area contributed by atoms with Gasteiger partial charge in [0.1, 0.15) is 0 Å². The van der Waals surface area contributed by atoms with Gasteiger partial charge < -0.3 is 5.32 Å². The van der Waals surface area contributed by atoms with E-state index in [1.807, 2.05) is 60.7 Å². The largest absolute Gasteiger partial charge is 0.322 e. The molecular formula is C16H14N2O2S. The van der Waals surface area contributed by atoms with Crippen molar-refractivity contribution in [2.24, 2.45) is 0 Å². The maximum Gasteiger partial charge on any atom is 0.322 e. The summed E-state index contributed by atoms with van der Waals surface area (Å²) in [5.41, 5.74) is -0.226. The van der Waals surface area contributed by atoms with Gasteiger partial charge in [0.15, 0.2) is 5.54 Å². The van der Waals surface area contributed by atoms with E-state index in [0.717, 1.165) is 10.5 Å². The van der Waals surface area contributed by atoms with Crippen LogP contribution < -0.4 is 10.6 Å². The van der Waals surface area contributed by atoms with Gasteiger partial charge in [-0.15, -0.1) is 11.8 Å². The Bertz CT molecular complexity index is 660. The SMILES string of the molecule is O=C1NC(=O)[C@@](CSc2ccccc2)(c2ccccc2)N1. The lowest BCUT2D eigenvalue weighted by molar-refractivity contribution is -0.123. The van der Waals surface area contributed by atoms with Gasteiger partial charge >= 0.3 is 6.03 Å². The zero-order chi connectivity index (χ0) is 14.7. The molecular weight excluding hydrogens is 284 g/mol. The standard InChI is InChI=1S/C16H14N2O2S/c19-14-16(18-15(20)17-14,12-7-3-1-4-8-12)11-21-13-9-5-2-6-10-13/h1-10H,11H2,(H2,17,18,19,20)/t16-/m1/s1. The van der Waals surface area contributed by atoms with E-state index in [0.29, 0.717) is 5.75 Å². The molecule has 3 amide bonds. The molecule has 0 aromatic heterocycles. The molecule has 2 N–H and O–H groups in total. The molecule has 0 unspecified atom stereocenters. The molecule has 2 aromatic rings. The number of carbonyl (C=O) groups excluding carboxylic acids is 2. The van der Waals surface area contributed by atoms with Crippen LogP contribution in [0.15, 0.2) is 65.6 Å². The summed E-state index contributed by atoms with van der Waals surface area (Å²) in [4.78, 5) is 25.0. The molecule has 0 bridgehead atoms. The zero-order valence-electron chi connectivity index (χ0n) is 11.2. The van der Waals surface area contributed by atoms with Gasteiger partial charge in [0, 0.05) is 10.6 Å². The second-order valence-electron chi connectivity index (χ2n) is 4.78. The summed E-state index contributed by atoms with van der Waals surface area (Å²) in [5.74, 6) is 0.139. The van der Waals surface area contributed by atoms with Crippen molar-refractivity contribution in [2.75, 3.05) is 5.75 Å². The number of imide groups is 1. The highest BCUT2D eigenvalue weighted by molar-refractivity contribution is 7.99. The van der Waals surface area contributed by atoms with E-state index >= 15 is 0 Å². The van der Waals surface area contributed by atoms with Gasteiger partial charge in [0.05, 0.1) is 0 Å². The number of hydrogen-bond acceptors (Lipinski definition) is 3. The van der Waals surface area contributed by atoms with Crippen LogP contribution in [0.4, 0.5) is 4.79 Å². The van der Waals surface area contributed by atoms with Crippen molar-refractivity contribution in [1.29, 1.82) is 0 Å². The molecule has 5 heteroatoms. The van der Waals surface area contributed by atoms with Crippen molar-refractivity contribution in [2.45, 2.75) is 10.4 Å². The molecule has 1 aliphatic heterocycles. The van der Waals surface area contributed by atoms with Gasteiger partial charge in [-0.3, -0.25) is 10.1 Å². The predicted molar refractivity (Wildman–Crippen MR) is 82.0 cm³/mol. The summed E-state index contributed by atoms with van der Waals surface area (Å²) in [6.45, 7) is 0. The monoisotopic (exact) mass is 298 g/mol. The van der Waals surface area contributed by atoms with E-state index in [1.165, 1.54) is 0 Å². The first kappa shape index (κ1) is 13.7. The third-order valence-electron chi connectivity index (χ3n) is 3.41. The van der Waals surface area contributed by atoms with Crippen LogP contribution in [0.5, 0.6) is 0 Å². The van der Waals surface area contributed by atoms with Gasteiger partial charge in [-0.1, -0.05) is 48.5 Å². The number of benzene rings is 2. The molecule has 21 heavy (non-hydrogen) atoms. The van der Waals surface area contributed by atoms with E-state index in [9.17, 15) is 9.59 Å². The summed E-state index contributed by atoms with van der Waals surface area (Å²) in [6, 6.07) is 18.7. The number of amides is 3. The molecule has 106 valence electrons. The number of hydrogen-bond donors (Lipinski definition) is 2. The molecule has 0 saturated carbocycles.